The molecule has 1 fully saturated rings. The van der Waals surface area contributed by atoms with Gasteiger partial charge in [0.15, 0.2) is 5.13 Å². The van der Waals surface area contributed by atoms with E-state index >= 15 is 0 Å². The second-order valence-electron chi connectivity index (χ2n) is 6.20. The van der Waals surface area contributed by atoms with Crippen LogP contribution in [0.1, 0.15) is 36.0 Å². The fourth-order valence-electron chi connectivity index (χ4n) is 3.17. The summed E-state index contributed by atoms with van der Waals surface area (Å²) >= 11 is 1.31. The van der Waals surface area contributed by atoms with Gasteiger partial charge in [-0.3, -0.25) is 19.7 Å². The Kier molecular flexibility index (Phi) is 5.62. The molecular formula is C18H19N3O4S. The summed E-state index contributed by atoms with van der Waals surface area (Å²) in [6.07, 6.45) is 4.35. The van der Waals surface area contributed by atoms with Gasteiger partial charge in [-0.05, 0) is 31.0 Å². The number of aliphatic carboxylic acids is 1. The van der Waals surface area contributed by atoms with Gasteiger partial charge in [-0.2, -0.15) is 0 Å². The number of amides is 2. The van der Waals surface area contributed by atoms with Gasteiger partial charge in [0.05, 0.1) is 11.8 Å². The van der Waals surface area contributed by atoms with Crippen molar-refractivity contribution >= 4 is 39.9 Å². The molecule has 0 saturated heterocycles. The first-order valence-electron chi connectivity index (χ1n) is 8.39. The SMILES string of the molecule is O=C(Nc1nccs1)c1cccc(NC(=O)[C@@H]2CCCC[C@@H]2C(=O)O)c1. The molecule has 1 aromatic heterocycles. The number of rotatable bonds is 5. The molecule has 2 amide bonds. The van der Waals surface area contributed by atoms with Gasteiger partial charge >= 0.3 is 5.97 Å². The van der Waals surface area contributed by atoms with Crippen molar-refractivity contribution in [1.82, 2.24) is 4.98 Å². The largest absolute Gasteiger partial charge is 0.481 e. The fourth-order valence-corrected chi connectivity index (χ4v) is 3.69. The monoisotopic (exact) mass is 373 g/mol. The lowest BCUT2D eigenvalue weighted by molar-refractivity contribution is -0.147. The van der Waals surface area contributed by atoms with Crippen molar-refractivity contribution in [3.05, 3.63) is 41.4 Å². The Morgan fingerprint density at radius 3 is 2.58 bits per heavy atom. The maximum absolute atomic E-state index is 12.5. The van der Waals surface area contributed by atoms with Gasteiger partial charge in [0, 0.05) is 22.8 Å². The number of aromatic nitrogens is 1. The summed E-state index contributed by atoms with van der Waals surface area (Å²) in [4.78, 5) is 40.2. The summed E-state index contributed by atoms with van der Waals surface area (Å²) < 4.78 is 0. The molecule has 3 N–H and O–H groups in total. The Hall–Kier alpha value is -2.74. The van der Waals surface area contributed by atoms with E-state index in [4.69, 9.17) is 0 Å². The van der Waals surface area contributed by atoms with Gasteiger partial charge in [-0.15, -0.1) is 11.3 Å². The zero-order valence-electron chi connectivity index (χ0n) is 14.0. The molecule has 136 valence electrons. The maximum Gasteiger partial charge on any atom is 0.307 e. The number of anilines is 2. The smallest absolute Gasteiger partial charge is 0.307 e. The van der Waals surface area contributed by atoms with Crippen molar-refractivity contribution in [2.24, 2.45) is 11.8 Å². The standard InChI is InChI=1S/C18H19N3O4S/c22-15(21-18-19-8-9-26-18)11-4-3-5-12(10-11)20-16(23)13-6-1-2-7-14(13)17(24)25/h3-5,8-10,13-14H,1-2,6-7H2,(H,20,23)(H,24,25)(H,19,21,22)/t13-,14+/m1/s1. The molecule has 1 saturated carbocycles. The number of nitrogens with zero attached hydrogens (tertiary/aromatic N) is 1. The zero-order chi connectivity index (χ0) is 18.5. The molecule has 0 bridgehead atoms. The van der Waals surface area contributed by atoms with Crippen molar-refractivity contribution in [2.75, 3.05) is 10.6 Å². The third kappa shape index (κ3) is 4.26. The van der Waals surface area contributed by atoms with Crippen molar-refractivity contribution in [1.29, 1.82) is 0 Å². The second-order valence-corrected chi connectivity index (χ2v) is 7.09. The van der Waals surface area contributed by atoms with E-state index in [1.165, 1.54) is 11.3 Å². The van der Waals surface area contributed by atoms with Crippen molar-refractivity contribution in [2.45, 2.75) is 25.7 Å². The molecule has 2 aromatic rings. The minimum Gasteiger partial charge on any atom is -0.481 e. The van der Waals surface area contributed by atoms with Crippen molar-refractivity contribution < 1.29 is 19.5 Å². The van der Waals surface area contributed by atoms with Crippen LogP contribution < -0.4 is 10.6 Å². The number of carbonyl (C=O) groups is 3. The average molecular weight is 373 g/mol. The second kappa shape index (κ2) is 8.09. The zero-order valence-corrected chi connectivity index (χ0v) is 14.8. The first-order valence-corrected chi connectivity index (χ1v) is 9.27. The predicted octanol–water partition coefficient (Wildman–Crippen LogP) is 3.22. The minimum absolute atomic E-state index is 0.311. The molecule has 1 aromatic carbocycles. The third-order valence-electron chi connectivity index (χ3n) is 4.47. The molecule has 0 spiro atoms. The molecule has 7 nitrogen and oxygen atoms in total. The van der Waals surface area contributed by atoms with Crippen LogP contribution in [-0.4, -0.2) is 27.9 Å². The Morgan fingerprint density at radius 1 is 1.12 bits per heavy atom. The number of carboxylic acids is 1. The Bertz CT molecular complexity index is 807. The summed E-state index contributed by atoms with van der Waals surface area (Å²) in [6.45, 7) is 0. The maximum atomic E-state index is 12.5. The number of thiazole rings is 1. The summed E-state index contributed by atoms with van der Waals surface area (Å²) in [5.74, 6) is -2.76. The number of hydrogen-bond donors (Lipinski definition) is 3. The number of hydrogen-bond acceptors (Lipinski definition) is 5. The first-order chi connectivity index (χ1) is 12.5. The van der Waals surface area contributed by atoms with Gasteiger partial charge in [0.1, 0.15) is 0 Å². The summed E-state index contributed by atoms with van der Waals surface area (Å²) in [5.41, 5.74) is 0.855. The van der Waals surface area contributed by atoms with Gasteiger partial charge in [-0.25, -0.2) is 4.98 Å². The molecule has 0 radical (unpaired) electrons. The Morgan fingerprint density at radius 2 is 1.88 bits per heavy atom. The van der Waals surface area contributed by atoms with E-state index in [-0.39, 0.29) is 11.8 Å². The Labute approximate surface area is 154 Å². The van der Waals surface area contributed by atoms with E-state index in [2.05, 4.69) is 15.6 Å². The highest BCUT2D eigenvalue weighted by Gasteiger charge is 2.35. The molecule has 1 aliphatic carbocycles. The molecule has 2 atom stereocenters. The molecule has 0 aliphatic heterocycles. The number of carboxylic acid groups (broad SMARTS) is 1. The highest BCUT2D eigenvalue weighted by Crippen LogP contribution is 2.31. The lowest BCUT2D eigenvalue weighted by atomic mass is 9.78. The highest BCUT2D eigenvalue weighted by molar-refractivity contribution is 7.13. The average Bonchev–Trinajstić information content (AvgIpc) is 3.15. The van der Waals surface area contributed by atoms with Crippen LogP contribution in [0.4, 0.5) is 10.8 Å². The predicted molar refractivity (Wildman–Crippen MR) is 98.2 cm³/mol. The van der Waals surface area contributed by atoms with E-state index < -0.39 is 17.8 Å². The van der Waals surface area contributed by atoms with E-state index in [1.807, 2.05) is 0 Å². The van der Waals surface area contributed by atoms with E-state index in [9.17, 15) is 19.5 Å². The topological polar surface area (TPSA) is 108 Å². The van der Waals surface area contributed by atoms with Crippen LogP contribution in [0.2, 0.25) is 0 Å². The molecule has 8 heteroatoms. The normalized spacial score (nSPS) is 19.5. The molecule has 0 unspecified atom stereocenters. The van der Waals surface area contributed by atoms with Crippen LogP contribution >= 0.6 is 11.3 Å². The van der Waals surface area contributed by atoms with Gasteiger partial charge in [-0.1, -0.05) is 18.9 Å². The van der Waals surface area contributed by atoms with Crippen LogP contribution in [0.3, 0.4) is 0 Å². The quantitative estimate of drug-likeness (QED) is 0.746. The van der Waals surface area contributed by atoms with Gasteiger partial charge < -0.3 is 10.4 Å². The van der Waals surface area contributed by atoms with Crippen LogP contribution in [0.5, 0.6) is 0 Å². The van der Waals surface area contributed by atoms with Gasteiger partial charge in [0.2, 0.25) is 5.91 Å². The lowest BCUT2D eigenvalue weighted by Gasteiger charge is -2.27. The van der Waals surface area contributed by atoms with Crippen LogP contribution in [0, 0.1) is 11.8 Å². The minimum atomic E-state index is -0.929. The summed E-state index contributed by atoms with van der Waals surface area (Å²) in [6, 6.07) is 6.55. The third-order valence-corrected chi connectivity index (χ3v) is 5.15. The number of nitrogens with one attached hydrogen (secondary N) is 2. The summed E-state index contributed by atoms with van der Waals surface area (Å²) in [5, 5.41) is 17.0. The van der Waals surface area contributed by atoms with Crippen molar-refractivity contribution in [3.8, 4) is 0 Å². The van der Waals surface area contributed by atoms with Crippen LogP contribution in [0.15, 0.2) is 35.8 Å². The first kappa shape index (κ1) is 18.1. The molecule has 1 heterocycles. The van der Waals surface area contributed by atoms with Gasteiger partial charge in [0.25, 0.3) is 5.91 Å². The van der Waals surface area contributed by atoms with Crippen molar-refractivity contribution in [3.63, 3.8) is 0 Å². The van der Waals surface area contributed by atoms with E-state index in [0.29, 0.717) is 29.2 Å². The molecule has 3 rings (SSSR count). The van der Waals surface area contributed by atoms with Crippen LogP contribution in [-0.2, 0) is 9.59 Å². The lowest BCUT2D eigenvalue weighted by Crippen LogP contribution is -2.36. The highest BCUT2D eigenvalue weighted by atomic mass is 32.1. The van der Waals surface area contributed by atoms with E-state index in [1.54, 1.807) is 35.8 Å². The molecular weight excluding hydrogens is 354 g/mol. The van der Waals surface area contributed by atoms with Crippen LogP contribution in [0.25, 0.3) is 0 Å². The fraction of sp³-hybridized carbons (Fsp3) is 0.333. The number of carbonyl (C=O) groups excluding carboxylic acids is 2. The van der Waals surface area contributed by atoms with E-state index in [0.717, 1.165) is 12.8 Å². The number of benzene rings is 1. The summed E-state index contributed by atoms with van der Waals surface area (Å²) in [7, 11) is 0. The molecule has 1 aliphatic rings. The Balaban J connectivity index is 1.68. The molecule has 26 heavy (non-hydrogen) atoms.